The summed E-state index contributed by atoms with van der Waals surface area (Å²) in [6.45, 7) is 2.12. The van der Waals surface area contributed by atoms with Gasteiger partial charge in [0.1, 0.15) is 5.82 Å². The quantitative estimate of drug-likeness (QED) is 0.745. The lowest BCUT2D eigenvalue weighted by molar-refractivity contribution is -0.133. The lowest BCUT2D eigenvalue weighted by atomic mass is 10.2. The fourth-order valence-electron chi connectivity index (χ4n) is 1.15. The van der Waals surface area contributed by atoms with Crippen molar-refractivity contribution in [2.75, 3.05) is 5.75 Å². The van der Waals surface area contributed by atoms with E-state index in [1.807, 2.05) is 11.6 Å². The van der Waals surface area contributed by atoms with E-state index in [1.54, 1.807) is 0 Å². The molecular weight excluding hydrogens is 214 g/mol. The van der Waals surface area contributed by atoms with Crippen LogP contribution < -0.4 is 0 Å². The number of rotatable bonds is 6. The summed E-state index contributed by atoms with van der Waals surface area (Å²) in [5, 5.41) is 17.2. The molecular formula is C9H15N3O2S. The molecule has 0 atom stereocenters. The van der Waals surface area contributed by atoms with Crippen LogP contribution in [0.3, 0.4) is 0 Å². The van der Waals surface area contributed by atoms with Gasteiger partial charge in [-0.15, -0.1) is 10.2 Å². The van der Waals surface area contributed by atoms with Crippen molar-refractivity contribution in [1.82, 2.24) is 14.8 Å². The number of aryl methyl sites for hydroxylation is 1. The molecule has 0 saturated heterocycles. The Bertz CT molecular complexity index is 338. The number of carboxylic acid groups (broad SMARTS) is 1. The third-order valence-corrected chi connectivity index (χ3v) is 3.01. The smallest absolute Gasteiger partial charge is 0.313 e. The van der Waals surface area contributed by atoms with Gasteiger partial charge >= 0.3 is 5.97 Å². The van der Waals surface area contributed by atoms with Crippen molar-refractivity contribution in [1.29, 1.82) is 0 Å². The molecule has 0 aliphatic carbocycles. The second-order valence-corrected chi connectivity index (χ2v) is 4.19. The molecule has 1 N–H and O–H groups in total. The van der Waals surface area contributed by atoms with E-state index in [0.717, 1.165) is 25.1 Å². The highest BCUT2D eigenvalue weighted by atomic mass is 32.2. The molecule has 1 heterocycles. The zero-order valence-corrected chi connectivity index (χ0v) is 9.75. The first-order valence-corrected chi connectivity index (χ1v) is 5.86. The maximum atomic E-state index is 10.4. The van der Waals surface area contributed by atoms with Gasteiger partial charge in [-0.25, -0.2) is 0 Å². The van der Waals surface area contributed by atoms with Gasteiger partial charge in [-0.3, -0.25) is 4.79 Å². The molecule has 0 radical (unpaired) electrons. The second-order valence-electron chi connectivity index (χ2n) is 3.24. The molecule has 0 aliphatic rings. The van der Waals surface area contributed by atoms with Gasteiger partial charge in [-0.2, -0.15) is 0 Å². The van der Waals surface area contributed by atoms with Crippen LogP contribution in [0.2, 0.25) is 0 Å². The van der Waals surface area contributed by atoms with E-state index < -0.39 is 5.97 Å². The first-order valence-electron chi connectivity index (χ1n) is 4.88. The predicted octanol–water partition coefficient (Wildman–Crippen LogP) is 1.33. The highest BCUT2D eigenvalue weighted by Crippen LogP contribution is 2.15. The predicted molar refractivity (Wildman–Crippen MR) is 58.0 cm³/mol. The van der Waals surface area contributed by atoms with E-state index in [-0.39, 0.29) is 5.75 Å². The maximum absolute atomic E-state index is 10.4. The van der Waals surface area contributed by atoms with Crippen LogP contribution in [0.1, 0.15) is 25.6 Å². The van der Waals surface area contributed by atoms with Gasteiger partial charge in [0, 0.05) is 13.5 Å². The molecule has 0 amide bonds. The summed E-state index contributed by atoms with van der Waals surface area (Å²) >= 11 is 1.20. The number of hydrogen-bond acceptors (Lipinski definition) is 4. The average Bonchev–Trinajstić information content (AvgIpc) is 2.54. The number of carboxylic acids is 1. The summed E-state index contributed by atoms with van der Waals surface area (Å²) in [6, 6.07) is 0. The average molecular weight is 229 g/mol. The van der Waals surface area contributed by atoms with Crippen molar-refractivity contribution in [2.24, 2.45) is 7.05 Å². The summed E-state index contributed by atoms with van der Waals surface area (Å²) in [5.74, 6) is 0.114. The summed E-state index contributed by atoms with van der Waals surface area (Å²) in [6.07, 6.45) is 3.09. The molecule has 0 bridgehead atoms. The van der Waals surface area contributed by atoms with Crippen LogP contribution in [0.25, 0.3) is 0 Å². The van der Waals surface area contributed by atoms with E-state index in [1.165, 1.54) is 11.8 Å². The van der Waals surface area contributed by atoms with E-state index in [4.69, 9.17) is 5.11 Å². The highest BCUT2D eigenvalue weighted by molar-refractivity contribution is 7.99. The largest absolute Gasteiger partial charge is 0.481 e. The van der Waals surface area contributed by atoms with Gasteiger partial charge < -0.3 is 9.67 Å². The van der Waals surface area contributed by atoms with Gasteiger partial charge in [0.25, 0.3) is 0 Å². The SMILES string of the molecule is CCCCc1nnc(SCC(=O)O)n1C. The number of carbonyl (C=O) groups is 1. The van der Waals surface area contributed by atoms with Crippen LogP contribution in [0.5, 0.6) is 0 Å². The van der Waals surface area contributed by atoms with E-state index >= 15 is 0 Å². The van der Waals surface area contributed by atoms with Crippen molar-refractivity contribution in [2.45, 2.75) is 31.3 Å². The molecule has 0 aliphatic heterocycles. The number of hydrogen-bond donors (Lipinski definition) is 1. The summed E-state index contributed by atoms with van der Waals surface area (Å²) in [4.78, 5) is 10.4. The Labute approximate surface area is 92.9 Å². The van der Waals surface area contributed by atoms with Gasteiger partial charge in [0.2, 0.25) is 0 Å². The monoisotopic (exact) mass is 229 g/mol. The first-order chi connectivity index (χ1) is 7.15. The molecule has 0 spiro atoms. The molecule has 1 aromatic heterocycles. The normalized spacial score (nSPS) is 10.5. The number of aromatic nitrogens is 3. The van der Waals surface area contributed by atoms with Gasteiger partial charge in [-0.1, -0.05) is 25.1 Å². The number of aliphatic carboxylic acids is 1. The van der Waals surface area contributed by atoms with Gasteiger partial charge in [0.15, 0.2) is 5.16 Å². The molecule has 1 aromatic rings. The molecule has 0 aromatic carbocycles. The van der Waals surface area contributed by atoms with Crippen molar-refractivity contribution in [3.05, 3.63) is 5.82 Å². The number of thioether (sulfide) groups is 1. The number of unbranched alkanes of at least 4 members (excludes halogenated alkanes) is 1. The van der Waals surface area contributed by atoms with E-state index in [0.29, 0.717) is 5.16 Å². The fraction of sp³-hybridized carbons (Fsp3) is 0.667. The standard InChI is InChI=1S/C9H15N3O2S/c1-3-4-5-7-10-11-9(12(7)2)15-6-8(13)14/h3-6H2,1-2H3,(H,13,14). The number of nitrogens with zero attached hydrogens (tertiary/aromatic N) is 3. The van der Waals surface area contributed by atoms with E-state index in [9.17, 15) is 4.79 Å². The van der Waals surface area contributed by atoms with Crippen LogP contribution >= 0.6 is 11.8 Å². The summed E-state index contributed by atoms with van der Waals surface area (Å²) < 4.78 is 1.86. The minimum Gasteiger partial charge on any atom is -0.481 e. The van der Waals surface area contributed by atoms with Gasteiger partial charge in [0.05, 0.1) is 5.75 Å². The second kappa shape index (κ2) is 5.75. The van der Waals surface area contributed by atoms with Crippen molar-refractivity contribution in [3.8, 4) is 0 Å². The van der Waals surface area contributed by atoms with Crippen LogP contribution in [0.15, 0.2) is 5.16 Å². The zero-order valence-electron chi connectivity index (χ0n) is 8.93. The van der Waals surface area contributed by atoms with Crippen LogP contribution in [0, 0.1) is 0 Å². The molecule has 6 heteroatoms. The Kier molecular flexibility index (Phi) is 4.61. The molecule has 5 nitrogen and oxygen atoms in total. The van der Waals surface area contributed by atoms with Crippen molar-refractivity contribution >= 4 is 17.7 Å². The molecule has 0 saturated carbocycles. The Balaban J connectivity index is 2.58. The third kappa shape index (κ3) is 3.54. The third-order valence-electron chi connectivity index (χ3n) is 2.00. The minimum atomic E-state index is -0.835. The molecule has 84 valence electrons. The van der Waals surface area contributed by atoms with Gasteiger partial charge in [-0.05, 0) is 6.42 Å². The van der Waals surface area contributed by atoms with Crippen LogP contribution in [0.4, 0.5) is 0 Å². The zero-order chi connectivity index (χ0) is 11.3. The van der Waals surface area contributed by atoms with Crippen molar-refractivity contribution < 1.29 is 9.90 Å². The highest BCUT2D eigenvalue weighted by Gasteiger charge is 2.09. The molecule has 1 rings (SSSR count). The fourth-order valence-corrected chi connectivity index (χ4v) is 1.80. The van der Waals surface area contributed by atoms with Crippen LogP contribution in [-0.4, -0.2) is 31.6 Å². The van der Waals surface area contributed by atoms with Crippen molar-refractivity contribution in [3.63, 3.8) is 0 Å². The molecule has 15 heavy (non-hydrogen) atoms. The Morgan fingerprint density at radius 3 is 2.87 bits per heavy atom. The Morgan fingerprint density at radius 2 is 2.27 bits per heavy atom. The van der Waals surface area contributed by atoms with Crippen LogP contribution in [-0.2, 0) is 18.3 Å². The Morgan fingerprint density at radius 1 is 1.53 bits per heavy atom. The minimum absolute atomic E-state index is 0.0275. The lowest BCUT2D eigenvalue weighted by Crippen LogP contribution is -2.02. The topological polar surface area (TPSA) is 68.0 Å². The van der Waals surface area contributed by atoms with E-state index in [2.05, 4.69) is 17.1 Å². The first kappa shape index (κ1) is 12.0. The lowest BCUT2D eigenvalue weighted by Gasteiger charge is -2.01. The summed E-state index contributed by atoms with van der Waals surface area (Å²) in [7, 11) is 1.87. The molecule has 0 fully saturated rings. The maximum Gasteiger partial charge on any atom is 0.313 e. The molecule has 0 unspecified atom stereocenters. The summed E-state index contributed by atoms with van der Waals surface area (Å²) in [5.41, 5.74) is 0. The Hall–Kier alpha value is -1.04.